The van der Waals surface area contributed by atoms with E-state index in [9.17, 15) is 0 Å². The standard InChI is InChI=1S/C15H24N2S.C2H6/c1-15(2,3)14(16-4)10-17-9-12-7-5-6-8-13(12)11-18-17;1-2/h5-8,14,16H,9-11H2,1-4H3;1-2H3. The van der Waals surface area contributed by atoms with Crippen molar-refractivity contribution in [2.24, 2.45) is 5.41 Å². The van der Waals surface area contributed by atoms with Crippen LogP contribution in [-0.4, -0.2) is 23.9 Å². The van der Waals surface area contributed by atoms with E-state index in [4.69, 9.17) is 0 Å². The highest BCUT2D eigenvalue weighted by molar-refractivity contribution is 7.96. The van der Waals surface area contributed by atoms with Crippen LogP contribution in [0.3, 0.4) is 0 Å². The van der Waals surface area contributed by atoms with E-state index in [2.05, 4.69) is 61.7 Å². The molecule has 20 heavy (non-hydrogen) atoms. The average molecular weight is 295 g/mol. The molecule has 1 N–H and O–H groups in total. The summed E-state index contributed by atoms with van der Waals surface area (Å²) < 4.78 is 2.49. The van der Waals surface area contributed by atoms with E-state index in [1.54, 1.807) is 0 Å². The second-order valence-corrected chi connectivity index (χ2v) is 7.14. The molecule has 2 nitrogen and oxygen atoms in total. The minimum atomic E-state index is 0.298. The molecule has 0 fully saturated rings. The molecular formula is C17H30N2S. The van der Waals surface area contributed by atoms with Crippen molar-refractivity contribution < 1.29 is 0 Å². The molecule has 0 bridgehead atoms. The van der Waals surface area contributed by atoms with E-state index in [0.717, 1.165) is 18.8 Å². The average Bonchev–Trinajstić information content (AvgIpc) is 2.45. The minimum Gasteiger partial charge on any atom is -0.315 e. The quantitative estimate of drug-likeness (QED) is 0.836. The summed E-state index contributed by atoms with van der Waals surface area (Å²) in [5.74, 6) is 1.11. The Hall–Kier alpha value is -0.510. The van der Waals surface area contributed by atoms with E-state index in [-0.39, 0.29) is 0 Å². The van der Waals surface area contributed by atoms with Gasteiger partial charge in [0.15, 0.2) is 0 Å². The summed E-state index contributed by atoms with van der Waals surface area (Å²) in [6.45, 7) is 13.1. The van der Waals surface area contributed by atoms with E-state index in [1.807, 2.05) is 25.8 Å². The fourth-order valence-corrected chi connectivity index (χ4v) is 3.46. The predicted octanol–water partition coefficient (Wildman–Crippen LogP) is 4.31. The Morgan fingerprint density at radius 2 is 1.80 bits per heavy atom. The van der Waals surface area contributed by atoms with Gasteiger partial charge in [-0.3, -0.25) is 0 Å². The molecule has 0 amide bonds. The highest BCUT2D eigenvalue weighted by Gasteiger charge is 2.27. The van der Waals surface area contributed by atoms with Crippen molar-refractivity contribution in [3.8, 4) is 0 Å². The Balaban J connectivity index is 0.000000956. The fraction of sp³-hybridized carbons (Fsp3) is 0.647. The Kier molecular flexibility index (Phi) is 7.07. The van der Waals surface area contributed by atoms with E-state index in [1.165, 1.54) is 11.1 Å². The van der Waals surface area contributed by atoms with Crippen LogP contribution in [0.1, 0.15) is 45.7 Å². The monoisotopic (exact) mass is 294 g/mol. The lowest BCUT2D eigenvalue weighted by Crippen LogP contribution is -2.45. The van der Waals surface area contributed by atoms with Gasteiger partial charge in [0.25, 0.3) is 0 Å². The third kappa shape index (κ3) is 4.80. The molecule has 0 spiro atoms. The molecule has 1 unspecified atom stereocenters. The van der Waals surface area contributed by atoms with Crippen LogP contribution in [0.2, 0.25) is 0 Å². The zero-order chi connectivity index (χ0) is 15.2. The van der Waals surface area contributed by atoms with Crippen molar-refractivity contribution in [2.75, 3.05) is 13.6 Å². The summed E-state index contributed by atoms with van der Waals surface area (Å²) in [6, 6.07) is 9.31. The van der Waals surface area contributed by atoms with Crippen molar-refractivity contribution in [3.05, 3.63) is 35.4 Å². The van der Waals surface area contributed by atoms with Gasteiger partial charge in [0.1, 0.15) is 0 Å². The number of rotatable bonds is 3. The van der Waals surface area contributed by atoms with Gasteiger partial charge >= 0.3 is 0 Å². The van der Waals surface area contributed by atoms with Crippen molar-refractivity contribution in [1.29, 1.82) is 0 Å². The first-order valence-corrected chi connectivity index (χ1v) is 8.57. The molecule has 0 radical (unpaired) electrons. The third-order valence-electron chi connectivity index (χ3n) is 3.65. The molecule has 2 rings (SSSR count). The first-order valence-electron chi connectivity index (χ1n) is 7.62. The van der Waals surface area contributed by atoms with Crippen molar-refractivity contribution in [3.63, 3.8) is 0 Å². The summed E-state index contributed by atoms with van der Waals surface area (Å²) in [6.07, 6.45) is 0. The summed E-state index contributed by atoms with van der Waals surface area (Å²) >= 11 is 1.96. The van der Waals surface area contributed by atoms with Gasteiger partial charge in [-0.05, 0) is 23.6 Å². The van der Waals surface area contributed by atoms with Crippen LogP contribution in [-0.2, 0) is 12.3 Å². The van der Waals surface area contributed by atoms with Gasteiger partial charge in [-0.15, -0.1) is 0 Å². The normalized spacial score (nSPS) is 16.9. The predicted molar refractivity (Wildman–Crippen MR) is 91.8 cm³/mol. The number of benzene rings is 1. The molecule has 0 saturated heterocycles. The van der Waals surface area contributed by atoms with Crippen LogP contribution >= 0.6 is 11.9 Å². The highest BCUT2D eigenvalue weighted by atomic mass is 32.2. The lowest BCUT2D eigenvalue weighted by molar-refractivity contribution is 0.238. The Labute approximate surface area is 129 Å². The van der Waals surface area contributed by atoms with Gasteiger partial charge in [0.2, 0.25) is 0 Å². The van der Waals surface area contributed by atoms with Crippen molar-refractivity contribution >= 4 is 11.9 Å². The van der Waals surface area contributed by atoms with Crippen LogP contribution in [0, 0.1) is 5.41 Å². The fourth-order valence-electron chi connectivity index (χ4n) is 2.37. The zero-order valence-electron chi connectivity index (χ0n) is 13.9. The second kappa shape index (κ2) is 8.06. The number of hydrogen-bond donors (Lipinski definition) is 1. The molecule has 0 saturated carbocycles. The van der Waals surface area contributed by atoms with Crippen molar-refractivity contribution in [1.82, 2.24) is 9.62 Å². The SMILES string of the molecule is CC.CNC(CN1Cc2ccccc2CS1)C(C)(C)C. The molecule has 1 aliphatic heterocycles. The Morgan fingerprint density at radius 1 is 1.20 bits per heavy atom. The van der Waals surface area contributed by atoms with Crippen LogP contribution in [0.4, 0.5) is 0 Å². The lowest BCUT2D eigenvalue weighted by atomic mass is 9.87. The maximum Gasteiger partial charge on any atom is 0.0344 e. The van der Waals surface area contributed by atoms with Crippen LogP contribution in [0.5, 0.6) is 0 Å². The topological polar surface area (TPSA) is 15.3 Å². The van der Waals surface area contributed by atoms with E-state index in [0.29, 0.717) is 11.5 Å². The van der Waals surface area contributed by atoms with Crippen LogP contribution in [0.25, 0.3) is 0 Å². The van der Waals surface area contributed by atoms with Crippen LogP contribution < -0.4 is 5.32 Å². The molecule has 1 atom stereocenters. The largest absolute Gasteiger partial charge is 0.315 e. The molecule has 1 heterocycles. The summed E-state index contributed by atoms with van der Waals surface area (Å²) in [7, 11) is 2.07. The van der Waals surface area contributed by atoms with Gasteiger partial charge in [-0.2, -0.15) is 0 Å². The number of likely N-dealkylation sites (N-methyl/N-ethyl adjacent to an activating group) is 1. The lowest BCUT2D eigenvalue weighted by Gasteiger charge is -2.36. The minimum absolute atomic E-state index is 0.298. The molecule has 1 aliphatic rings. The highest BCUT2D eigenvalue weighted by Crippen LogP contribution is 2.30. The Bertz CT molecular complexity index is 398. The van der Waals surface area contributed by atoms with Gasteiger partial charge < -0.3 is 5.32 Å². The third-order valence-corrected chi connectivity index (χ3v) is 4.73. The maximum absolute atomic E-state index is 3.46. The molecule has 3 heteroatoms. The van der Waals surface area contributed by atoms with Crippen LogP contribution in [0.15, 0.2) is 24.3 Å². The second-order valence-electron chi connectivity index (χ2n) is 6.07. The van der Waals surface area contributed by atoms with Gasteiger partial charge in [-0.25, -0.2) is 4.31 Å². The molecule has 1 aromatic rings. The molecular weight excluding hydrogens is 264 g/mol. The number of nitrogens with one attached hydrogen (secondary N) is 1. The molecule has 1 aromatic carbocycles. The number of fused-ring (bicyclic) bond motifs is 1. The summed E-state index contributed by atoms with van der Waals surface area (Å²) in [5, 5.41) is 3.46. The smallest absolute Gasteiger partial charge is 0.0344 e. The summed E-state index contributed by atoms with van der Waals surface area (Å²) in [5.41, 5.74) is 3.28. The Morgan fingerprint density at radius 3 is 2.35 bits per heavy atom. The molecule has 114 valence electrons. The number of nitrogens with zero attached hydrogens (tertiary/aromatic N) is 1. The van der Waals surface area contributed by atoms with E-state index >= 15 is 0 Å². The van der Waals surface area contributed by atoms with Crippen molar-refractivity contribution in [2.45, 2.75) is 53.0 Å². The zero-order valence-corrected chi connectivity index (χ0v) is 14.7. The number of hydrogen-bond acceptors (Lipinski definition) is 3. The van der Waals surface area contributed by atoms with Gasteiger partial charge in [-0.1, -0.05) is 70.8 Å². The first kappa shape index (κ1) is 17.5. The summed E-state index contributed by atoms with van der Waals surface area (Å²) in [4.78, 5) is 0. The first-order chi connectivity index (χ1) is 9.50. The van der Waals surface area contributed by atoms with Gasteiger partial charge in [0, 0.05) is 24.9 Å². The molecule has 0 aromatic heterocycles. The van der Waals surface area contributed by atoms with Gasteiger partial charge in [0.05, 0.1) is 0 Å². The molecule has 0 aliphatic carbocycles. The maximum atomic E-state index is 3.46. The van der Waals surface area contributed by atoms with E-state index < -0.39 is 0 Å².